The second kappa shape index (κ2) is 4.75. The molecule has 1 aliphatic heterocycles. The molecule has 7 heteroatoms. The standard InChI is InChI=1S/C9H11BrN4O2/c10-6-3-8(14(15)16)9(12-4-6)13-7-1-2-11-5-7/h3-4,7,11H,1-2,5H2,(H,12,13). The molecule has 1 aliphatic rings. The molecular formula is C9H11BrN4O2. The summed E-state index contributed by atoms with van der Waals surface area (Å²) in [7, 11) is 0. The van der Waals surface area contributed by atoms with E-state index in [0.29, 0.717) is 10.3 Å². The predicted molar refractivity (Wildman–Crippen MR) is 63.5 cm³/mol. The van der Waals surface area contributed by atoms with Gasteiger partial charge in [-0.25, -0.2) is 4.98 Å². The first-order valence-corrected chi connectivity index (χ1v) is 5.73. The number of hydrogen-bond acceptors (Lipinski definition) is 5. The smallest absolute Gasteiger partial charge is 0.312 e. The minimum atomic E-state index is -0.428. The van der Waals surface area contributed by atoms with Crippen LogP contribution in [0.25, 0.3) is 0 Å². The van der Waals surface area contributed by atoms with E-state index < -0.39 is 4.92 Å². The molecule has 0 aromatic carbocycles. The number of pyridine rings is 1. The first-order valence-electron chi connectivity index (χ1n) is 4.94. The van der Waals surface area contributed by atoms with E-state index in [2.05, 4.69) is 31.5 Å². The summed E-state index contributed by atoms with van der Waals surface area (Å²) < 4.78 is 0.606. The van der Waals surface area contributed by atoms with E-state index in [1.807, 2.05) is 0 Å². The quantitative estimate of drug-likeness (QED) is 0.651. The second-order valence-corrected chi connectivity index (χ2v) is 4.53. The summed E-state index contributed by atoms with van der Waals surface area (Å²) in [4.78, 5) is 14.4. The van der Waals surface area contributed by atoms with Crippen molar-refractivity contribution in [3.8, 4) is 0 Å². The lowest BCUT2D eigenvalue weighted by Crippen LogP contribution is -2.23. The number of hydrogen-bond donors (Lipinski definition) is 2. The predicted octanol–water partition coefficient (Wildman–Crippen LogP) is 1.53. The van der Waals surface area contributed by atoms with Crippen LogP contribution in [0.5, 0.6) is 0 Å². The van der Waals surface area contributed by atoms with Gasteiger partial charge in [0.05, 0.1) is 4.92 Å². The van der Waals surface area contributed by atoms with Crippen LogP contribution in [0.4, 0.5) is 11.5 Å². The summed E-state index contributed by atoms with van der Waals surface area (Å²) in [5, 5.41) is 17.1. The van der Waals surface area contributed by atoms with Gasteiger partial charge in [-0.3, -0.25) is 10.1 Å². The van der Waals surface area contributed by atoms with E-state index in [1.165, 1.54) is 6.07 Å². The lowest BCUT2D eigenvalue weighted by molar-refractivity contribution is -0.384. The average Bonchev–Trinajstić information content (AvgIpc) is 2.73. The molecule has 1 aromatic heterocycles. The zero-order chi connectivity index (χ0) is 11.5. The van der Waals surface area contributed by atoms with E-state index in [-0.39, 0.29) is 11.7 Å². The molecule has 0 spiro atoms. The van der Waals surface area contributed by atoms with Gasteiger partial charge in [0, 0.05) is 29.3 Å². The Balaban J connectivity index is 2.21. The first-order chi connectivity index (χ1) is 7.66. The molecule has 0 saturated carbocycles. The maximum Gasteiger partial charge on any atom is 0.312 e. The molecule has 2 N–H and O–H groups in total. The van der Waals surface area contributed by atoms with Gasteiger partial charge in [0.25, 0.3) is 0 Å². The van der Waals surface area contributed by atoms with Crippen molar-refractivity contribution in [3.63, 3.8) is 0 Å². The van der Waals surface area contributed by atoms with Crippen LogP contribution >= 0.6 is 15.9 Å². The number of anilines is 1. The number of nitro groups is 1. The van der Waals surface area contributed by atoms with Gasteiger partial charge >= 0.3 is 5.69 Å². The summed E-state index contributed by atoms with van der Waals surface area (Å²) in [6.45, 7) is 1.75. The van der Waals surface area contributed by atoms with Crippen LogP contribution in [0.15, 0.2) is 16.7 Å². The summed E-state index contributed by atoms with van der Waals surface area (Å²) >= 11 is 3.17. The van der Waals surface area contributed by atoms with Crippen molar-refractivity contribution in [2.24, 2.45) is 0 Å². The van der Waals surface area contributed by atoms with Gasteiger partial charge < -0.3 is 10.6 Å². The minimum absolute atomic E-state index is 0.00118. The van der Waals surface area contributed by atoms with Gasteiger partial charge in [-0.2, -0.15) is 0 Å². The molecule has 1 fully saturated rings. The molecule has 86 valence electrons. The van der Waals surface area contributed by atoms with Crippen LogP contribution in [-0.2, 0) is 0 Å². The lowest BCUT2D eigenvalue weighted by atomic mass is 10.2. The molecule has 1 unspecified atom stereocenters. The van der Waals surface area contributed by atoms with Crippen molar-refractivity contribution in [3.05, 3.63) is 26.9 Å². The Hall–Kier alpha value is -1.21. The Morgan fingerprint density at radius 1 is 1.69 bits per heavy atom. The van der Waals surface area contributed by atoms with E-state index >= 15 is 0 Å². The number of rotatable bonds is 3. The van der Waals surface area contributed by atoms with Crippen LogP contribution in [0.3, 0.4) is 0 Å². The fourth-order valence-corrected chi connectivity index (χ4v) is 1.97. The van der Waals surface area contributed by atoms with Gasteiger partial charge in [-0.05, 0) is 28.9 Å². The zero-order valence-corrected chi connectivity index (χ0v) is 10.0. The number of aromatic nitrogens is 1. The molecule has 1 saturated heterocycles. The molecule has 2 rings (SSSR count). The summed E-state index contributed by atoms with van der Waals surface area (Å²) in [5.41, 5.74) is 0.00118. The molecule has 16 heavy (non-hydrogen) atoms. The van der Waals surface area contributed by atoms with Crippen molar-refractivity contribution >= 4 is 27.4 Å². The van der Waals surface area contributed by atoms with Gasteiger partial charge in [0.2, 0.25) is 5.82 Å². The SMILES string of the molecule is O=[N+]([O-])c1cc(Br)cnc1NC1CCNC1. The Bertz CT molecular complexity index is 406. The second-order valence-electron chi connectivity index (χ2n) is 3.61. The fourth-order valence-electron chi connectivity index (χ4n) is 1.65. The first kappa shape index (κ1) is 11.3. The van der Waals surface area contributed by atoms with Crippen LogP contribution in [0.2, 0.25) is 0 Å². The number of nitrogens with zero attached hydrogens (tertiary/aromatic N) is 2. The minimum Gasteiger partial charge on any atom is -0.360 e. The van der Waals surface area contributed by atoms with Crippen LogP contribution in [-0.4, -0.2) is 29.0 Å². The Morgan fingerprint density at radius 2 is 2.50 bits per heavy atom. The molecule has 0 amide bonds. The van der Waals surface area contributed by atoms with Crippen molar-refractivity contribution in [1.82, 2.24) is 10.3 Å². The molecule has 0 bridgehead atoms. The highest BCUT2D eigenvalue weighted by atomic mass is 79.9. The molecule has 2 heterocycles. The van der Waals surface area contributed by atoms with Crippen LogP contribution < -0.4 is 10.6 Å². The van der Waals surface area contributed by atoms with Crippen molar-refractivity contribution in [2.75, 3.05) is 18.4 Å². The van der Waals surface area contributed by atoms with Gasteiger partial charge in [-0.1, -0.05) is 0 Å². The normalized spacial score (nSPS) is 19.7. The van der Waals surface area contributed by atoms with Crippen molar-refractivity contribution in [1.29, 1.82) is 0 Å². The average molecular weight is 287 g/mol. The maximum atomic E-state index is 10.8. The number of halogens is 1. The third-order valence-corrected chi connectivity index (χ3v) is 2.87. The Labute approximate surface area is 101 Å². The summed E-state index contributed by atoms with van der Waals surface area (Å²) in [6.07, 6.45) is 2.51. The lowest BCUT2D eigenvalue weighted by Gasteiger charge is -2.11. The highest BCUT2D eigenvalue weighted by molar-refractivity contribution is 9.10. The van der Waals surface area contributed by atoms with Gasteiger partial charge in [0.1, 0.15) is 0 Å². The van der Waals surface area contributed by atoms with Gasteiger partial charge in [0.15, 0.2) is 0 Å². The molecule has 0 radical (unpaired) electrons. The molecule has 0 aliphatic carbocycles. The highest BCUT2D eigenvalue weighted by Crippen LogP contribution is 2.26. The Kier molecular flexibility index (Phi) is 3.35. The van der Waals surface area contributed by atoms with Crippen LogP contribution in [0, 0.1) is 10.1 Å². The molecule has 1 atom stereocenters. The third-order valence-electron chi connectivity index (χ3n) is 2.43. The zero-order valence-electron chi connectivity index (χ0n) is 8.44. The number of nitrogens with one attached hydrogen (secondary N) is 2. The van der Waals surface area contributed by atoms with E-state index in [1.54, 1.807) is 6.20 Å². The maximum absolute atomic E-state index is 10.8. The monoisotopic (exact) mass is 286 g/mol. The topological polar surface area (TPSA) is 80.1 Å². The van der Waals surface area contributed by atoms with E-state index in [9.17, 15) is 10.1 Å². The van der Waals surface area contributed by atoms with Gasteiger partial charge in [-0.15, -0.1) is 0 Å². The van der Waals surface area contributed by atoms with Crippen molar-refractivity contribution < 1.29 is 4.92 Å². The molecule has 1 aromatic rings. The highest BCUT2D eigenvalue weighted by Gasteiger charge is 2.21. The summed E-state index contributed by atoms with van der Waals surface area (Å²) in [6, 6.07) is 1.67. The van der Waals surface area contributed by atoms with Crippen LogP contribution in [0.1, 0.15) is 6.42 Å². The summed E-state index contributed by atoms with van der Waals surface area (Å²) in [5.74, 6) is 0.335. The van der Waals surface area contributed by atoms with Crippen molar-refractivity contribution in [2.45, 2.75) is 12.5 Å². The third kappa shape index (κ3) is 2.48. The fraction of sp³-hybridized carbons (Fsp3) is 0.444. The van der Waals surface area contributed by atoms with E-state index in [0.717, 1.165) is 19.5 Å². The largest absolute Gasteiger partial charge is 0.360 e. The molecule has 6 nitrogen and oxygen atoms in total. The van der Waals surface area contributed by atoms with E-state index in [4.69, 9.17) is 0 Å². The Morgan fingerprint density at radius 3 is 3.12 bits per heavy atom. The molecular weight excluding hydrogens is 276 g/mol.